The van der Waals surface area contributed by atoms with E-state index in [1.54, 1.807) is 4.90 Å². The van der Waals surface area contributed by atoms with Gasteiger partial charge in [-0.2, -0.15) is 9.97 Å². The molecule has 0 aliphatic carbocycles. The molecule has 3 aromatic rings. The first kappa shape index (κ1) is 28.8. The lowest BCUT2D eigenvalue weighted by molar-refractivity contribution is -0.128. The Morgan fingerprint density at radius 3 is 2.80 bits per heavy atom. The molecule has 2 aliphatic rings. The fourth-order valence-corrected chi connectivity index (χ4v) is 6.07. The number of halogens is 1. The molecule has 0 N–H and O–H groups in total. The van der Waals surface area contributed by atoms with E-state index in [1.165, 1.54) is 6.08 Å². The first-order chi connectivity index (χ1) is 19.8. The lowest BCUT2D eigenvalue weighted by Gasteiger charge is -2.40. The van der Waals surface area contributed by atoms with Crippen molar-refractivity contribution < 1.29 is 14.3 Å². The second-order valence-electron chi connectivity index (χ2n) is 10.8. The highest BCUT2D eigenvalue weighted by atomic mass is 35.5. The van der Waals surface area contributed by atoms with Gasteiger partial charge in [0, 0.05) is 48.6 Å². The van der Waals surface area contributed by atoms with Crippen LogP contribution in [0.3, 0.4) is 0 Å². The minimum Gasteiger partial charge on any atom is -0.459 e. The molecule has 1 unspecified atom stereocenters. The number of nitrogens with zero attached hydrogens (tertiary/aromatic N) is 6. The van der Waals surface area contributed by atoms with Crippen molar-refractivity contribution in [3.63, 3.8) is 0 Å². The highest BCUT2D eigenvalue weighted by Gasteiger charge is 2.35. The van der Waals surface area contributed by atoms with Crippen LogP contribution in [0.2, 0.25) is 5.02 Å². The molecule has 2 aromatic carbocycles. The summed E-state index contributed by atoms with van der Waals surface area (Å²) in [6, 6.07) is 12.1. The van der Waals surface area contributed by atoms with Gasteiger partial charge in [-0.3, -0.25) is 4.79 Å². The first-order valence-corrected chi connectivity index (χ1v) is 14.2. The average Bonchev–Trinajstić information content (AvgIpc) is 2.95. The molecule has 1 amide bonds. The Kier molecular flexibility index (Phi) is 8.74. The Morgan fingerprint density at radius 2 is 2.07 bits per heavy atom. The zero-order valence-corrected chi connectivity index (χ0v) is 24.5. The van der Waals surface area contributed by atoms with Crippen LogP contribution in [0.15, 0.2) is 49.1 Å². The third-order valence-electron chi connectivity index (χ3n) is 7.56. The number of piperazine rings is 1. The van der Waals surface area contributed by atoms with Crippen molar-refractivity contribution >= 4 is 34.1 Å². The van der Waals surface area contributed by atoms with E-state index in [0.717, 1.165) is 33.4 Å². The number of carbonyl (C=O) groups is 1. The van der Waals surface area contributed by atoms with Crippen molar-refractivity contribution in [3.05, 3.63) is 82.3 Å². The van der Waals surface area contributed by atoms with Crippen LogP contribution >= 0.6 is 11.6 Å². The summed E-state index contributed by atoms with van der Waals surface area (Å²) in [5.74, 6) is 0.571. The van der Waals surface area contributed by atoms with Crippen LogP contribution in [-0.2, 0) is 22.6 Å². The van der Waals surface area contributed by atoms with Crippen molar-refractivity contribution in [3.8, 4) is 6.01 Å². The number of carbonyl (C=O) groups excluding carboxylic acids is 1. The number of amides is 1. The maximum Gasteiger partial charge on any atom is 0.318 e. The maximum absolute atomic E-state index is 12.5. The monoisotopic (exact) mass is 574 g/mol. The van der Waals surface area contributed by atoms with E-state index in [9.17, 15) is 4.79 Å². The van der Waals surface area contributed by atoms with Crippen LogP contribution in [0, 0.1) is 6.57 Å². The minimum atomic E-state index is -0.274. The molecule has 10 heteroatoms. The molecule has 1 aromatic heterocycles. The topological polar surface area (TPSA) is 75.4 Å². The van der Waals surface area contributed by atoms with Crippen LogP contribution in [-0.4, -0.2) is 84.6 Å². The van der Waals surface area contributed by atoms with Gasteiger partial charge < -0.3 is 29.0 Å². The van der Waals surface area contributed by atoms with Gasteiger partial charge in [-0.1, -0.05) is 48.5 Å². The predicted octanol–water partition coefficient (Wildman–Crippen LogP) is 4.55. The van der Waals surface area contributed by atoms with Crippen molar-refractivity contribution in [1.29, 1.82) is 0 Å². The van der Waals surface area contributed by atoms with E-state index < -0.39 is 0 Å². The quantitative estimate of drug-likeness (QED) is 0.289. The molecule has 0 radical (unpaired) electrons. The van der Waals surface area contributed by atoms with Gasteiger partial charge in [-0.05, 0) is 44.1 Å². The molecular formula is C31H35ClN6O3. The summed E-state index contributed by atoms with van der Waals surface area (Å²) in [7, 11) is 4.00. The number of fused-ring (bicyclic) bond motifs is 2. The third-order valence-corrected chi connectivity index (χ3v) is 7.88. The summed E-state index contributed by atoms with van der Waals surface area (Å²) >= 11 is 6.65. The standard InChI is InChI=1S/C31H35ClN6O3/c1-6-28(39)38-14-13-37(18-22(38)16-33-3)30-24-19-40-27(23-11-7-9-21-10-8-12-25(32)29(21)23)15-26(24)34-31(35-30)41-20(2)17-36(4)5/h6-12,20,22,27H,1,13-19H2,2,4-5H3/t20?,22-,27-/m0/s1. The second-order valence-corrected chi connectivity index (χ2v) is 11.2. The SMILES string of the molecule is [C-]#[N+]C[C@H]1CN(c2nc(OC(C)CN(C)C)nc3c2CO[C@H](c2cccc4cccc(Cl)c24)C3)CCN1C(=O)C=C. The lowest BCUT2D eigenvalue weighted by Crippen LogP contribution is -2.56. The smallest absolute Gasteiger partial charge is 0.318 e. The van der Waals surface area contributed by atoms with Gasteiger partial charge in [0.25, 0.3) is 0 Å². The van der Waals surface area contributed by atoms with Crippen molar-refractivity contribution in [2.24, 2.45) is 0 Å². The van der Waals surface area contributed by atoms with Gasteiger partial charge >= 0.3 is 6.01 Å². The number of rotatable bonds is 8. The molecule has 41 heavy (non-hydrogen) atoms. The first-order valence-electron chi connectivity index (χ1n) is 13.8. The van der Waals surface area contributed by atoms with Gasteiger partial charge in [0.2, 0.25) is 12.5 Å². The molecule has 1 saturated heterocycles. The molecule has 3 atom stereocenters. The minimum absolute atomic E-state index is 0.125. The van der Waals surface area contributed by atoms with Gasteiger partial charge in [0.15, 0.2) is 0 Å². The molecule has 3 heterocycles. The van der Waals surface area contributed by atoms with Gasteiger partial charge in [-0.15, -0.1) is 0 Å². The molecule has 5 rings (SSSR count). The summed E-state index contributed by atoms with van der Waals surface area (Å²) in [5.41, 5.74) is 2.80. The van der Waals surface area contributed by atoms with Gasteiger partial charge in [0.1, 0.15) is 18.0 Å². The Bertz CT molecular complexity index is 1480. The van der Waals surface area contributed by atoms with E-state index >= 15 is 0 Å². The van der Waals surface area contributed by atoms with Gasteiger partial charge in [-0.25, -0.2) is 6.57 Å². The second kappa shape index (κ2) is 12.4. The van der Waals surface area contributed by atoms with E-state index in [1.807, 2.05) is 39.2 Å². The van der Waals surface area contributed by atoms with Crippen molar-refractivity contribution in [2.45, 2.75) is 38.2 Å². The number of aromatic nitrogens is 2. The van der Waals surface area contributed by atoms with Crippen LogP contribution in [0.25, 0.3) is 15.6 Å². The Morgan fingerprint density at radius 1 is 1.29 bits per heavy atom. The molecule has 0 saturated carbocycles. The van der Waals surface area contributed by atoms with Crippen LogP contribution in [0.5, 0.6) is 6.01 Å². The van der Waals surface area contributed by atoms with E-state index in [-0.39, 0.29) is 30.7 Å². The van der Waals surface area contributed by atoms with Crippen molar-refractivity contribution in [2.75, 3.05) is 51.7 Å². The maximum atomic E-state index is 12.5. The van der Waals surface area contributed by atoms with Crippen LogP contribution < -0.4 is 9.64 Å². The van der Waals surface area contributed by atoms with E-state index in [4.69, 9.17) is 37.6 Å². The molecule has 214 valence electrons. The summed E-state index contributed by atoms with van der Waals surface area (Å²) in [6.45, 7) is 15.8. The molecule has 1 fully saturated rings. The number of likely N-dealkylation sites (N-methyl/N-ethyl adjacent to an activating group) is 1. The molecule has 0 bridgehead atoms. The van der Waals surface area contributed by atoms with Crippen molar-refractivity contribution in [1.82, 2.24) is 19.8 Å². The number of benzene rings is 2. The highest BCUT2D eigenvalue weighted by Crippen LogP contribution is 2.39. The summed E-state index contributed by atoms with van der Waals surface area (Å²) < 4.78 is 12.7. The Balaban J connectivity index is 1.51. The zero-order valence-electron chi connectivity index (χ0n) is 23.7. The molecule has 2 aliphatic heterocycles. The number of ether oxygens (including phenoxy) is 2. The predicted molar refractivity (Wildman–Crippen MR) is 160 cm³/mol. The number of hydrogen-bond donors (Lipinski definition) is 0. The summed E-state index contributed by atoms with van der Waals surface area (Å²) in [5, 5.41) is 2.74. The summed E-state index contributed by atoms with van der Waals surface area (Å²) in [4.78, 5) is 31.8. The molecular weight excluding hydrogens is 540 g/mol. The largest absolute Gasteiger partial charge is 0.459 e. The normalized spacial score (nSPS) is 19.5. The fraction of sp³-hybridized carbons (Fsp3) is 0.419. The molecule has 9 nitrogen and oxygen atoms in total. The average molecular weight is 575 g/mol. The Labute approximate surface area is 246 Å². The summed E-state index contributed by atoms with van der Waals surface area (Å²) in [6.07, 6.45) is 1.48. The van der Waals surface area contributed by atoms with Gasteiger partial charge in [0.05, 0.1) is 18.4 Å². The van der Waals surface area contributed by atoms with Crippen LogP contribution in [0.1, 0.15) is 29.8 Å². The lowest BCUT2D eigenvalue weighted by atomic mass is 9.94. The van der Waals surface area contributed by atoms with E-state index in [0.29, 0.717) is 50.2 Å². The third kappa shape index (κ3) is 6.15. The Hall–Kier alpha value is -3.71. The van der Waals surface area contributed by atoms with Crippen LogP contribution in [0.4, 0.5) is 5.82 Å². The molecule has 0 spiro atoms. The highest BCUT2D eigenvalue weighted by molar-refractivity contribution is 6.35. The number of anilines is 1. The zero-order chi connectivity index (χ0) is 29.1. The number of hydrogen-bond acceptors (Lipinski definition) is 7. The fourth-order valence-electron chi connectivity index (χ4n) is 5.78. The van der Waals surface area contributed by atoms with E-state index in [2.05, 4.69) is 39.4 Å².